The largest absolute Gasteiger partial charge is 0.340 e. The molecule has 2 rings (SSSR count). The van der Waals surface area contributed by atoms with E-state index in [-0.39, 0.29) is 18.0 Å². The van der Waals surface area contributed by atoms with E-state index in [1.807, 2.05) is 38.2 Å². The lowest BCUT2D eigenvalue weighted by atomic mass is 10.0. The summed E-state index contributed by atoms with van der Waals surface area (Å²) in [6.07, 6.45) is 1.58. The van der Waals surface area contributed by atoms with Gasteiger partial charge in [-0.05, 0) is 37.8 Å². The first-order valence-corrected chi connectivity index (χ1v) is 9.44. The van der Waals surface area contributed by atoms with Crippen LogP contribution in [0.25, 0.3) is 0 Å². The van der Waals surface area contributed by atoms with Crippen molar-refractivity contribution in [3.8, 4) is 0 Å². The first-order valence-electron chi connectivity index (χ1n) is 9.44. The Hall–Kier alpha value is -2.08. The van der Waals surface area contributed by atoms with Crippen LogP contribution >= 0.6 is 0 Å². The molecule has 0 aliphatic carbocycles. The first-order chi connectivity index (χ1) is 12.4. The van der Waals surface area contributed by atoms with Crippen LogP contribution in [0.5, 0.6) is 0 Å². The van der Waals surface area contributed by atoms with Crippen LogP contribution in [0.2, 0.25) is 0 Å². The zero-order valence-electron chi connectivity index (χ0n) is 16.3. The zero-order valence-corrected chi connectivity index (χ0v) is 16.3. The van der Waals surface area contributed by atoms with Crippen molar-refractivity contribution in [1.82, 2.24) is 20.9 Å². The summed E-state index contributed by atoms with van der Waals surface area (Å²) < 4.78 is 0. The highest BCUT2D eigenvalue weighted by atomic mass is 16.2. The summed E-state index contributed by atoms with van der Waals surface area (Å²) in [5, 5.41) is 9.00. The average Bonchev–Trinajstić information content (AvgIpc) is 3.13. The van der Waals surface area contributed by atoms with Crippen LogP contribution in [0.1, 0.15) is 37.8 Å². The summed E-state index contributed by atoms with van der Waals surface area (Å²) in [5.41, 5.74) is 2.22. The van der Waals surface area contributed by atoms with E-state index in [2.05, 4.69) is 29.8 Å². The van der Waals surface area contributed by atoms with Crippen molar-refractivity contribution < 1.29 is 9.59 Å². The van der Waals surface area contributed by atoms with Crippen molar-refractivity contribution in [1.29, 1.82) is 0 Å². The van der Waals surface area contributed by atoms with Gasteiger partial charge < -0.3 is 20.9 Å². The highest BCUT2D eigenvalue weighted by molar-refractivity contribution is 5.87. The summed E-state index contributed by atoms with van der Waals surface area (Å²) in [6, 6.07) is 7.42. The van der Waals surface area contributed by atoms with Gasteiger partial charge in [0.15, 0.2) is 0 Å². The van der Waals surface area contributed by atoms with Crippen LogP contribution in [0, 0.1) is 12.8 Å². The quantitative estimate of drug-likeness (QED) is 0.697. The standard InChI is InChI=1S/C20H32N4O2/c1-14(2)11-18(19(25)24(4)17-9-10-21-13-17)23-20(26)22-12-16-7-5-15(3)6-8-16/h5-8,14,17-18,21H,9-13H2,1-4H3,(H2,22,23,26). The summed E-state index contributed by atoms with van der Waals surface area (Å²) in [6.45, 7) is 8.34. The monoisotopic (exact) mass is 360 g/mol. The Bertz CT molecular complexity index is 594. The predicted octanol–water partition coefficient (Wildman–Crippen LogP) is 2.03. The van der Waals surface area contributed by atoms with Gasteiger partial charge in [-0.1, -0.05) is 43.7 Å². The molecule has 2 atom stereocenters. The van der Waals surface area contributed by atoms with Crippen LogP contribution in [0.15, 0.2) is 24.3 Å². The van der Waals surface area contributed by atoms with Crippen molar-refractivity contribution in [2.24, 2.45) is 5.92 Å². The lowest BCUT2D eigenvalue weighted by molar-refractivity contribution is -0.134. The average molecular weight is 361 g/mol. The van der Waals surface area contributed by atoms with E-state index >= 15 is 0 Å². The smallest absolute Gasteiger partial charge is 0.315 e. The topological polar surface area (TPSA) is 73.5 Å². The van der Waals surface area contributed by atoms with Crippen LogP contribution in [-0.4, -0.2) is 49.1 Å². The number of carbonyl (C=O) groups is 2. The lowest BCUT2D eigenvalue weighted by Crippen LogP contribution is -2.53. The normalized spacial score (nSPS) is 17.8. The molecule has 1 aromatic carbocycles. The van der Waals surface area contributed by atoms with Gasteiger partial charge in [0, 0.05) is 26.2 Å². The molecule has 2 unspecified atom stereocenters. The Balaban J connectivity index is 1.91. The molecule has 0 spiro atoms. The Morgan fingerprint density at radius 3 is 2.54 bits per heavy atom. The van der Waals surface area contributed by atoms with Gasteiger partial charge in [-0.15, -0.1) is 0 Å². The van der Waals surface area contributed by atoms with E-state index in [0.29, 0.717) is 18.9 Å². The minimum Gasteiger partial charge on any atom is -0.340 e. The van der Waals surface area contributed by atoms with Crippen LogP contribution in [0.3, 0.4) is 0 Å². The molecule has 0 aromatic heterocycles. The Morgan fingerprint density at radius 2 is 1.96 bits per heavy atom. The molecular formula is C20H32N4O2. The zero-order chi connectivity index (χ0) is 19.1. The van der Waals surface area contributed by atoms with Crippen LogP contribution in [-0.2, 0) is 11.3 Å². The van der Waals surface area contributed by atoms with E-state index < -0.39 is 6.04 Å². The molecule has 3 amide bonds. The molecule has 144 valence electrons. The number of carbonyl (C=O) groups excluding carboxylic acids is 2. The maximum absolute atomic E-state index is 12.9. The molecule has 3 N–H and O–H groups in total. The Morgan fingerprint density at radius 1 is 1.27 bits per heavy atom. The summed E-state index contributed by atoms with van der Waals surface area (Å²) in [7, 11) is 1.83. The Labute approximate surface area is 156 Å². The minimum atomic E-state index is -0.501. The highest BCUT2D eigenvalue weighted by Crippen LogP contribution is 2.12. The highest BCUT2D eigenvalue weighted by Gasteiger charge is 2.30. The molecule has 0 radical (unpaired) electrons. The Kier molecular flexibility index (Phi) is 7.45. The molecule has 1 saturated heterocycles. The summed E-state index contributed by atoms with van der Waals surface area (Å²) in [5.74, 6) is 0.300. The van der Waals surface area contributed by atoms with Crippen molar-refractivity contribution in [3.05, 3.63) is 35.4 Å². The maximum Gasteiger partial charge on any atom is 0.315 e. The molecule has 1 aliphatic rings. The second-order valence-corrected chi connectivity index (χ2v) is 7.59. The van der Waals surface area contributed by atoms with Gasteiger partial charge in [0.05, 0.1) is 0 Å². The van der Waals surface area contributed by atoms with Crippen LogP contribution < -0.4 is 16.0 Å². The molecule has 0 bridgehead atoms. The fourth-order valence-electron chi connectivity index (χ4n) is 3.19. The fourth-order valence-corrected chi connectivity index (χ4v) is 3.19. The van der Waals surface area contributed by atoms with Gasteiger partial charge in [-0.2, -0.15) is 0 Å². The van der Waals surface area contributed by atoms with E-state index in [0.717, 1.165) is 25.1 Å². The maximum atomic E-state index is 12.9. The molecule has 0 saturated carbocycles. The van der Waals surface area contributed by atoms with Crippen LogP contribution in [0.4, 0.5) is 4.79 Å². The number of rotatable bonds is 7. The molecule has 6 heteroatoms. The number of nitrogens with one attached hydrogen (secondary N) is 3. The van der Waals surface area contributed by atoms with Gasteiger partial charge in [-0.3, -0.25) is 4.79 Å². The first kappa shape index (κ1) is 20.2. The molecule has 1 heterocycles. The number of likely N-dealkylation sites (N-methyl/N-ethyl adjacent to an activating group) is 1. The number of hydrogen-bond acceptors (Lipinski definition) is 3. The number of nitrogens with zero attached hydrogens (tertiary/aromatic N) is 1. The van der Waals surface area contributed by atoms with Gasteiger partial charge >= 0.3 is 6.03 Å². The summed E-state index contributed by atoms with van der Waals surface area (Å²) >= 11 is 0. The molecule has 1 fully saturated rings. The van der Waals surface area contributed by atoms with Gasteiger partial charge in [-0.25, -0.2) is 4.79 Å². The second kappa shape index (κ2) is 9.57. The van der Waals surface area contributed by atoms with Crippen molar-refractivity contribution >= 4 is 11.9 Å². The predicted molar refractivity (Wildman–Crippen MR) is 104 cm³/mol. The molecule has 1 aromatic rings. The third-order valence-electron chi connectivity index (χ3n) is 4.81. The van der Waals surface area contributed by atoms with Gasteiger partial charge in [0.25, 0.3) is 0 Å². The lowest BCUT2D eigenvalue weighted by Gasteiger charge is -2.29. The molecular weight excluding hydrogens is 328 g/mol. The molecule has 6 nitrogen and oxygen atoms in total. The fraction of sp³-hybridized carbons (Fsp3) is 0.600. The minimum absolute atomic E-state index is 0.0158. The molecule has 26 heavy (non-hydrogen) atoms. The van der Waals surface area contributed by atoms with Gasteiger partial charge in [0.2, 0.25) is 5.91 Å². The number of aryl methyl sites for hydroxylation is 1. The second-order valence-electron chi connectivity index (χ2n) is 7.59. The number of hydrogen-bond donors (Lipinski definition) is 3. The van der Waals surface area contributed by atoms with E-state index in [4.69, 9.17) is 0 Å². The summed E-state index contributed by atoms with van der Waals surface area (Å²) in [4.78, 5) is 27.0. The van der Waals surface area contributed by atoms with Crippen molar-refractivity contribution in [3.63, 3.8) is 0 Å². The molecule has 1 aliphatic heterocycles. The number of benzene rings is 1. The van der Waals surface area contributed by atoms with Crippen molar-refractivity contribution in [2.45, 2.75) is 52.2 Å². The SMILES string of the molecule is Cc1ccc(CNC(=O)NC(CC(C)C)C(=O)N(C)C2CCNC2)cc1. The third-order valence-corrected chi connectivity index (χ3v) is 4.81. The number of amides is 3. The number of urea groups is 1. The third kappa shape index (κ3) is 6.02. The van der Waals surface area contributed by atoms with E-state index in [1.165, 1.54) is 5.56 Å². The van der Waals surface area contributed by atoms with E-state index in [9.17, 15) is 9.59 Å². The van der Waals surface area contributed by atoms with Gasteiger partial charge in [0.1, 0.15) is 6.04 Å². The van der Waals surface area contributed by atoms with E-state index in [1.54, 1.807) is 4.90 Å². The van der Waals surface area contributed by atoms with Crippen molar-refractivity contribution in [2.75, 3.05) is 20.1 Å².